The summed E-state index contributed by atoms with van der Waals surface area (Å²) in [5.74, 6) is -0.242. The van der Waals surface area contributed by atoms with Crippen LogP contribution in [-0.2, 0) is 32.1 Å². The first-order valence-electron chi connectivity index (χ1n) is 10.8. The summed E-state index contributed by atoms with van der Waals surface area (Å²) in [6.07, 6.45) is 0.634. The Kier molecular flexibility index (Phi) is 7.87. The van der Waals surface area contributed by atoms with E-state index in [-0.39, 0.29) is 35.3 Å². The predicted molar refractivity (Wildman–Crippen MR) is 137 cm³/mol. The molecule has 2 aromatic carbocycles. The molecule has 1 aliphatic rings. The minimum Gasteiger partial charge on any atom is -0.468 e. The Morgan fingerprint density at radius 2 is 1.88 bits per heavy atom. The molecule has 1 atom stereocenters. The van der Waals surface area contributed by atoms with Crippen LogP contribution in [-0.4, -0.2) is 42.4 Å². The summed E-state index contributed by atoms with van der Waals surface area (Å²) in [5.41, 5.74) is 3.50. The molecule has 0 fully saturated rings. The molecule has 2 N–H and O–H groups in total. The van der Waals surface area contributed by atoms with Crippen molar-refractivity contribution in [1.82, 2.24) is 0 Å². The Labute approximate surface area is 206 Å². The maximum atomic E-state index is 13.0. The van der Waals surface area contributed by atoms with E-state index in [2.05, 4.69) is 26.3 Å². The molecule has 0 saturated heterocycles. The number of amides is 2. The summed E-state index contributed by atoms with van der Waals surface area (Å²) >= 11 is 2.85. The average molecular weight is 496 g/mol. The van der Waals surface area contributed by atoms with E-state index < -0.39 is 0 Å². The number of hydrogen-bond acceptors (Lipinski definition) is 7. The lowest BCUT2D eigenvalue weighted by Gasteiger charge is -2.38. The summed E-state index contributed by atoms with van der Waals surface area (Å²) in [7, 11) is 1.32. The first kappa shape index (κ1) is 23.8. The Morgan fingerprint density at radius 3 is 2.62 bits per heavy atom. The van der Waals surface area contributed by atoms with Crippen molar-refractivity contribution in [3.63, 3.8) is 0 Å². The number of carbonyl (C=O) groups is 3. The molecule has 2 heterocycles. The van der Waals surface area contributed by atoms with Crippen LogP contribution < -0.4 is 15.5 Å². The molecule has 1 unspecified atom stereocenters. The van der Waals surface area contributed by atoms with Crippen LogP contribution in [0.5, 0.6) is 0 Å². The monoisotopic (exact) mass is 495 g/mol. The fraction of sp³-hybridized carbons (Fsp3) is 0.240. The van der Waals surface area contributed by atoms with Gasteiger partial charge in [-0.2, -0.15) is 0 Å². The van der Waals surface area contributed by atoms with Gasteiger partial charge < -0.3 is 20.3 Å². The number of hydrogen-bond donors (Lipinski definition) is 2. The third-order valence-electron chi connectivity index (χ3n) is 5.40. The number of methoxy groups -OCH3 is 1. The van der Waals surface area contributed by atoms with Crippen LogP contribution in [0.15, 0.2) is 66.0 Å². The highest BCUT2D eigenvalue weighted by molar-refractivity contribution is 8.00. The number of esters is 1. The van der Waals surface area contributed by atoms with Gasteiger partial charge in [0, 0.05) is 23.5 Å². The molecule has 0 bridgehead atoms. The molecule has 2 amide bonds. The number of rotatable bonds is 9. The fourth-order valence-corrected chi connectivity index (χ4v) is 5.13. The molecule has 0 radical (unpaired) electrons. The molecule has 7 nitrogen and oxygen atoms in total. The van der Waals surface area contributed by atoms with Crippen molar-refractivity contribution in [2.45, 2.75) is 19.0 Å². The SMILES string of the molecule is COC(=O)CSCC(=O)Nc1ccc(CN2c3ccccc3NC(=O)C2Cc2cccs2)cc1. The van der Waals surface area contributed by atoms with E-state index in [9.17, 15) is 14.4 Å². The zero-order chi connectivity index (χ0) is 23.9. The molecule has 1 aromatic heterocycles. The molecule has 4 rings (SSSR count). The van der Waals surface area contributed by atoms with Crippen LogP contribution in [0, 0.1) is 0 Å². The molecule has 1 aliphatic heterocycles. The van der Waals surface area contributed by atoms with Crippen LogP contribution in [0.1, 0.15) is 10.4 Å². The normalized spacial score (nSPS) is 14.8. The molecular weight excluding hydrogens is 470 g/mol. The van der Waals surface area contributed by atoms with Gasteiger partial charge in [-0.25, -0.2) is 0 Å². The van der Waals surface area contributed by atoms with Crippen molar-refractivity contribution in [2.75, 3.05) is 34.1 Å². The van der Waals surface area contributed by atoms with Crippen molar-refractivity contribution in [1.29, 1.82) is 0 Å². The number of nitrogens with one attached hydrogen (secondary N) is 2. The molecule has 0 saturated carbocycles. The van der Waals surface area contributed by atoms with Crippen molar-refractivity contribution < 1.29 is 19.1 Å². The van der Waals surface area contributed by atoms with E-state index in [1.54, 1.807) is 11.3 Å². The Hall–Kier alpha value is -3.30. The standard InChI is InChI=1S/C25H25N3O4S2/c1-32-24(30)16-33-15-23(29)26-18-10-8-17(9-11-18)14-28-21-7-3-2-6-20(21)27-25(31)22(28)13-19-5-4-12-34-19/h2-12,22H,13-16H2,1H3,(H,26,29)(H,27,31). The summed E-state index contributed by atoms with van der Waals surface area (Å²) in [4.78, 5) is 39.6. The lowest BCUT2D eigenvalue weighted by atomic mass is 10.0. The molecule has 9 heteroatoms. The minimum absolute atomic E-state index is 0.0135. The number of ether oxygens (including phenoxy) is 1. The number of nitrogens with zero attached hydrogens (tertiary/aromatic N) is 1. The number of thiophene rings is 1. The van der Waals surface area contributed by atoms with Gasteiger partial charge in [0.1, 0.15) is 6.04 Å². The second-order valence-electron chi connectivity index (χ2n) is 7.75. The second-order valence-corrected chi connectivity index (χ2v) is 9.77. The van der Waals surface area contributed by atoms with E-state index in [0.29, 0.717) is 18.7 Å². The fourth-order valence-electron chi connectivity index (χ4n) is 3.75. The van der Waals surface area contributed by atoms with Gasteiger partial charge in [-0.3, -0.25) is 14.4 Å². The minimum atomic E-state index is -0.354. The summed E-state index contributed by atoms with van der Waals surface area (Å²) in [6, 6.07) is 19.2. The van der Waals surface area contributed by atoms with Crippen molar-refractivity contribution >= 4 is 57.9 Å². The van der Waals surface area contributed by atoms with Crippen LogP contribution in [0.25, 0.3) is 0 Å². The number of benzene rings is 2. The summed E-state index contributed by atoms with van der Waals surface area (Å²) in [5, 5.41) is 7.90. The molecular formula is C25H25N3O4S2. The highest BCUT2D eigenvalue weighted by Gasteiger charge is 2.33. The number of thioether (sulfide) groups is 1. The summed E-state index contributed by atoms with van der Waals surface area (Å²) < 4.78 is 4.57. The molecule has 3 aromatic rings. The number of fused-ring (bicyclic) bond motifs is 1. The largest absolute Gasteiger partial charge is 0.468 e. The predicted octanol–water partition coefficient (Wildman–Crippen LogP) is 4.16. The van der Waals surface area contributed by atoms with Gasteiger partial charge in [0.05, 0.1) is 30.0 Å². The highest BCUT2D eigenvalue weighted by Crippen LogP contribution is 2.34. The van der Waals surface area contributed by atoms with Crippen LogP contribution >= 0.6 is 23.1 Å². The van der Waals surface area contributed by atoms with Crippen LogP contribution in [0.4, 0.5) is 17.1 Å². The lowest BCUT2D eigenvalue weighted by molar-refractivity contribution is -0.137. The summed E-state index contributed by atoms with van der Waals surface area (Å²) in [6.45, 7) is 0.559. The average Bonchev–Trinajstić information content (AvgIpc) is 3.35. The maximum Gasteiger partial charge on any atom is 0.315 e. The Morgan fingerprint density at radius 1 is 1.09 bits per heavy atom. The van der Waals surface area contributed by atoms with Gasteiger partial charge in [0.15, 0.2) is 0 Å². The van der Waals surface area contributed by atoms with Crippen LogP contribution in [0.2, 0.25) is 0 Å². The molecule has 0 aliphatic carbocycles. The molecule has 176 valence electrons. The first-order chi connectivity index (χ1) is 16.5. The lowest BCUT2D eigenvalue weighted by Crippen LogP contribution is -2.48. The zero-order valence-corrected chi connectivity index (χ0v) is 20.3. The number of anilines is 3. The van der Waals surface area contributed by atoms with Gasteiger partial charge in [0.25, 0.3) is 0 Å². The highest BCUT2D eigenvalue weighted by atomic mass is 32.2. The van der Waals surface area contributed by atoms with Crippen LogP contribution in [0.3, 0.4) is 0 Å². The van der Waals surface area contributed by atoms with E-state index in [1.807, 2.05) is 60.0 Å². The third-order valence-corrected chi connectivity index (χ3v) is 7.20. The topological polar surface area (TPSA) is 87.7 Å². The number of carbonyl (C=O) groups excluding carboxylic acids is 3. The van der Waals surface area contributed by atoms with Crippen molar-refractivity contribution in [3.8, 4) is 0 Å². The van der Waals surface area contributed by atoms with E-state index >= 15 is 0 Å². The zero-order valence-electron chi connectivity index (χ0n) is 18.7. The smallest absolute Gasteiger partial charge is 0.315 e. The number of para-hydroxylation sites is 2. The Balaban J connectivity index is 1.44. The van der Waals surface area contributed by atoms with Gasteiger partial charge in [-0.15, -0.1) is 23.1 Å². The van der Waals surface area contributed by atoms with Crippen molar-refractivity contribution in [3.05, 3.63) is 76.5 Å². The van der Waals surface area contributed by atoms with Gasteiger partial charge in [-0.1, -0.05) is 30.3 Å². The van der Waals surface area contributed by atoms with Gasteiger partial charge >= 0.3 is 5.97 Å². The van der Waals surface area contributed by atoms with E-state index in [1.165, 1.54) is 18.9 Å². The van der Waals surface area contributed by atoms with E-state index in [4.69, 9.17) is 0 Å². The molecule has 0 spiro atoms. The van der Waals surface area contributed by atoms with Gasteiger partial charge in [-0.05, 0) is 41.3 Å². The third kappa shape index (κ3) is 5.98. The maximum absolute atomic E-state index is 13.0. The van der Waals surface area contributed by atoms with Crippen molar-refractivity contribution in [2.24, 2.45) is 0 Å². The Bertz CT molecular complexity index is 1150. The quantitative estimate of drug-likeness (QED) is 0.434. The van der Waals surface area contributed by atoms with E-state index in [0.717, 1.165) is 21.8 Å². The van der Waals surface area contributed by atoms with Gasteiger partial charge in [0.2, 0.25) is 11.8 Å². The second kappa shape index (κ2) is 11.2. The first-order valence-corrected chi connectivity index (χ1v) is 12.8. The molecule has 34 heavy (non-hydrogen) atoms.